The molecule has 0 heterocycles. The smallest absolute Gasteiger partial charge is 0.0662 e. The maximum Gasteiger partial charge on any atom is 0.0662 e. The Kier molecular flexibility index (Phi) is 102. The van der Waals surface area contributed by atoms with Crippen LogP contribution in [-0.4, -0.2) is 23.4 Å². The number of rotatable bonds is 1. The van der Waals surface area contributed by atoms with Crippen molar-refractivity contribution in [3.63, 3.8) is 0 Å². The minimum atomic E-state index is -0.125. The molecule has 0 spiro atoms. The van der Waals surface area contributed by atoms with Crippen LogP contribution < -0.4 is 0 Å². The molecule has 0 radical (unpaired) electrons. The molecule has 0 rings (SSSR count). The fourth-order valence-corrected chi connectivity index (χ4v) is 0. The van der Waals surface area contributed by atoms with Crippen molar-refractivity contribution in [3.8, 4) is 6.07 Å². The van der Waals surface area contributed by atoms with Gasteiger partial charge in [0.25, 0.3) is 0 Å². The molecule has 0 amide bonds. The zero-order chi connectivity index (χ0) is 8.12. The molecule has 0 aliphatic rings. The summed E-state index contributed by atoms with van der Waals surface area (Å²) in [6.07, 6.45) is 0. The van der Waals surface area contributed by atoms with E-state index in [2.05, 4.69) is 13.2 Å². The van der Waals surface area contributed by atoms with Crippen molar-refractivity contribution in [2.45, 2.75) is 6.92 Å². The van der Waals surface area contributed by atoms with E-state index in [9.17, 15) is 0 Å². The zero-order valence-electron chi connectivity index (χ0n) is 5.67. The van der Waals surface area contributed by atoms with Gasteiger partial charge in [0.1, 0.15) is 0 Å². The van der Waals surface area contributed by atoms with E-state index in [0.717, 1.165) is 0 Å². The second-order valence-corrected chi connectivity index (χ2v) is 0.671. The molecule has 0 aromatic carbocycles. The van der Waals surface area contributed by atoms with Gasteiger partial charge in [-0.15, -0.1) is 13.2 Å². The van der Waals surface area contributed by atoms with Gasteiger partial charge >= 0.3 is 0 Å². The number of nitrogens with zero attached hydrogens (tertiary/aromatic N) is 1. The van der Waals surface area contributed by atoms with Crippen LogP contribution in [0, 0.1) is 11.3 Å². The second-order valence-electron chi connectivity index (χ2n) is 0.671. The minimum absolute atomic E-state index is 0.125. The highest BCUT2D eigenvalue weighted by atomic mass is 16.3. The van der Waals surface area contributed by atoms with Crippen molar-refractivity contribution in [1.82, 2.24) is 0 Å². The third-order valence-corrected chi connectivity index (χ3v) is 0.1000. The summed E-state index contributed by atoms with van der Waals surface area (Å²) in [6, 6.07) is 1.75. The molecule has 2 N–H and O–H groups in total. The van der Waals surface area contributed by atoms with E-state index in [1.165, 1.54) is 6.92 Å². The summed E-state index contributed by atoms with van der Waals surface area (Å²) in [5.74, 6) is 0. The van der Waals surface area contributed by atoms with Gasteiger partial charge in [-0.2, -0.15) is 5.26 Å². The maximum atomic E-state index is 7.62. The quantitative estimate of drug-likeness (QED) is 0.503. The molecule has 0 fully saturated rings. The lowest BCUT2D eigenvalue weighted by molar-refractivity contribution is 0.186. The standard InChI is InChI=1S/C2H3N.C2H6O2.C2H4/c1-2-3;3-1-2-4;1-2/h1H3;3-4H,1-2H2;1-2H2. The van der Waals surface area contributed by atoms with E-state index >= 15 is 0 Å². The molecule has 9 heavy (non-hydrogen) atoms. The van der Waals surface area contributed by atoms with Crippen LogP contribution in [0.1, 0.15) is 6.92 Å². The topological polar surface area (TPSA) is 64.2 Å². The first kappa shape index (κ1) is 15.7. The van der Waals surface area contributed by atoms with E-state index in [4.69, 9.17) is 15.5 Å². The number of aliphatic hydroxyl groups excluding tert-OH is 2. The van der Waals surface area contributed by atoms with Crippen molar-refractivity contribution in [2.75, 3.05) is 13.2 Å². The van der Waals surface area contributed by atoms with Crippen molar-refractivity contribution in [1.29, 1.82) is 5.26 Å². The molecule has 0 aliphatic carbocycles. The van der Waals surface area contributed by atoms with Crippen LogP contribution in [0.4, 0.5) is 0 Å². The van der Waals surface area contributed by atoms with Crippen molar-refractivity contribution in [3.05, 3.63) is 13.2 Å². The Morgan fingerprint density at radius 2 is 1.44 bits per heavy atom. The molecule has 0 atom stereocenters. The first-order chi connectivity index (χ1) is 4.33. The Labute approximate surface area is 55.9 Å². The fraction of sp³-hybridized carbons (Fsp3) is 0.500. The maximum absolute atomic E-state index is 7.62. The minimum Gasteiger partial charge on any atom is -0.394 e. The van der Waals surface area contributed by atoms with Crippen LogP contribution in [0.25, 0.3) is 0 Å². The summed E-state index contributed by atoms with van der Waals surface area (Å²) in [5.41, 5.74) is 0. The predicted molar refractivity (Wildman–Crippen MR) is 36.7 cm³/mol. The Balaban J connectivity index is -0.0000000646. The third kappa shape index (κ3) is 8430. The van der Waals surface area contributed by atoms with Gasteiger partial charge in [-0.3, -0.25) is 0 Å². The van der Waals surface area contributed by atoms with Gasteiger partial charge in [-0.25, -0.2) is 0 Å². The van der Waals surface area contributed by atoms with Crippen molar-refractivity contribution >= 4 is 0 Å². The average molecular weight is 131 g/mol. The molecule has 3 heteroatoms. The number of hydrogen-bond donors (Lipinski definition) is 2. The van der Waals surface area contributed by atoms with Gasteiger partial charge < -0.3 is 10.2 Å². The first-order valence-corrected chi connectivity index (χ1v) is 2.36. The van der Waals surface area contributed by atoms with E-state index in [1.54, 1.807) is 6.07 Å². The summed E-state index contributed by atoms with van der Waals surface area (Å²) >= 11 is 0. The molecular formula is C6H13NO2. The van der Waals surface area contributed by atoms with Crippen LogP contribution in [0.3, 0.4) is 0 Å². The molecule has 54 valence electrons. The van der Waals surface area contributed by atoms with E-state index in [0.29, 0.717) is 0 Å². The molecular weight excluding hydrogens is 118 g/mol. The number of aliphatic hydroxyl groups is 2. The molecule has 0 aliphatic heterocycles. The van der Waals surface area contributed by atoms with Crippen LogP contribution >= 0.6 is 0 Å². The Bertz CT molecular complexity index is 56.6. The highest BCUT2D eigenvalue weighted by molar-refractivity contribution is 4.51. The zero-order valence-corrected chi connectivity index (χ0v) is 5.67. The molecule has 0 saturated carbocycles. The Hall–Kier alpha value is -0.850. The summed E-state index contributed by atoms with van der Waals surface area (Å²) < 4.78 is 0. The summed E-state index contributed by atoms with van der Waals surface area (Å²) in [5, 5.41) is 22.6. The highest BCUT2D eigenvalue weighted by Gasteiger charge is 1.58. The lowest BCUT2D eigenvalue weighted by Crippen LogP contribution is -1.85. The molecule has 0 aromatic rings. The van der Waals surface area contributed by atoms with E-state index < -0.39 is 0 Å². The summed E-state index contributed by atoms with van der Waals surface area (Å²) in [4.78, 5) is 0. The van der Waals surface area contributed by atoms with Gasteiger partial charge in [-0.1, -0.05) is 0 Å². The van der Waals surface area contributed by atoms with E-state index in [1.807, 2.05) is 0 Å². The van der Waals surface area contributed by atoms with Crippen LogP contribution in [-0.2, 0) is 0 Å². The van der Waals surface area contributed by atoms with Gasteiger partial charge in [0.05, 0.1) is 19.3 Å². The lowest BCUT2D eigenvalue weighted by Gasteiger charge is -1.70. The number of hydrogen-bond acceptors (Lipinski definition) is 3. The normalized spacial score (nSPS) is 4.67. The molecule has 0 bridgehead atoms. The SMILES string of the molecule is C=C.CC#N.OCCO. The van der Waals surface area contributed by atoms with Crippen molar-refractivity contribution in [2.24, 2.45) is 0 Å². The summed E-state index contributed by atoms with van der Waals surface area (Å²) in [7, 11) is 0. The molecule has 0 aromatic heterocycles. The predicted octanol–water partition coefficient (Wildman–Crippen LogP) is 0.303. The van der Waals surface area contributed by atoms with Crippen LogP contribution in [0.15, 0.2) is 13.2 Å². The highest BCUT2D eigenvalue weighted by Crippen LogP contribution is 1.39. The lowest BCUT2D eigenvalue weighted by atomic mass is 10.8. The van der Waals surface area contributed by atoms with Gasteiger partial charge in [0, 0.05) is 6.92 Å². The monoisotopic (exact) mass is 131 g/mol. The number of nitriles is 1. The van der Waals surface area contributed by atoms with Crippen molar-refractivity contribution < 1.29 is 10.2 Å². The molecule has 3 nitrogen and oxygen atoms in total. The Morgan fingerprint density at radius 3 is 1.44 bits per heavy atom. The van der Waals surface area contributed by atoms with Crippen LogP contribution in [0.5, 0.6) is 0 Å². The molecule has 0 unspecified atom stereocenters. The van der Waals surface area contributed by atoms with Gasteiger partial charge in [0.2, 0.25) is 0 Å². The fourth-order valence-electron chi connectivity index (χ4n) is 0. The van der Waals surface area contributed by atoms with E-state index in [-0.39, 0.29) is 13.2 Å². The van der Waals surface area contributed by atoms with Gasteiger partial charge in [-0.05, 0) is 0 Å². The Morgan fingerprint density at radius 1 is 1.33 bits per heavy atom. The van der Waals surface area contributed by atoms with Gasteiger partial charge in [0.15, 0.2) is 0 Å². The third-order valence-electron chi connectivity index (χ3n) is 0.1000. The largest absolute Gasteiger partial charge is 0.394 e. The average Bonchev–Trinajstić information content (AvgIpc) is 1.94. The van der Waals surface area contributed by atoms with Crippen LogP contribution in [0.2, 0.25) is 0 Å². The molecule has 0 saturated heterocycles. The first-order valence-electron chi connectivity index (χ1n) is 2.36. The second kappa shape index (κ2) is 58.5. The summed E-state index contributed by atoms with van der Waals surface area (Å²) in [6.45, 7) is 7.18.